The van der Waals surface area contributed by atoms with Crippen molar-refractivity contribution in [1.29, 1.82) is 0 Å². The van der Waals surface area contributed by atoms with Gasteiger partial charge in [-0.25, -0.2) is 18.2 Å². The molecule has 0 aliphatic heterocycles. The molecule has 2 rings (SSSR count). The monoisotopic (exact) mass is 390 g/mol. The molecule has 1 aromatic carbocycles. The first-order valence-corrected chi connectivity index (χ1v) is 8.13. The van der Waals surface area contributed by atoms with Crippen LogP contribution in [0, 0.1) is 0 Å². The second-order valence-electron chi connectivity index (χ2n) is 3.90. The van der Waals surface area contributed by atoms with E-state index in [0.717, 1.165) is 0 Å². The highest BCUT2D eigenvalue weighted by Gasteiger charge is 2.19. The van der Waals surface area contributed by atoms with Crippen molar-refractivity contribution in [1.82, 2.24) is 4.98 Å². The summed E-state index contributed by atoms with van der Waals surface area (Å²) in [4.78, 5) is 14.5. The van der Waals surface area contributed by atoms with Crippen LogP contribution in [-0.4, -0.2) is 24.5 Å². The minimum Gasteiger partial charge on any atom is -0.478 e. The molecule has 0 aliphatic carbocycles. The Morgan fingerprint density at radius 2 is 2.05 bits per heavy atom. The van der Waals surface area contributed by atoms with Gasteiger partial charge >= 0.3 is 5.97 Å². The van der Waals surface area contributed by atoms with Gasteiger partial charge in [-0.3, -0.25) is 4.72 Å². The lowest BCUT2D eigenvalue weighted by Gasteiger charge is -2.10. The minimum absolute atomic E-state index is 0.0625. The number of nitrogens with zero attached hydrogens (tertiary/aromatic N) is 1. The Bertz CT molecular complexity index is 811. The molecule has 0 amide bonds. The van der Waals surface area contributed by atoms with Crippen LogP contribution in [-0.2, 0) is 10.0 Å². The van der Waals surface area contributed by atoms with Gasteiger partial charge in [0.05, 0.1) is 5.56 Å². The Morgan fingerprint density at radius 3 is 2.67 bits per heavy atom. The van der Waals surface area contributed by atoms with Gasteiger partial charge < -0.3 is 5.11 Å². The zero-order chi connectivity index (χ0) is 15.6. The highest BCUT2D eigenvalue weighted by molar-refractivity contribution is 9.10. The van der Waals surface area contributed by atoms with E-state index in [4.69, 9.17) is 16.7 Å². The highest BCUT2D eigenvalue weighted by atomic mass is 79.9. The third kappa shape index (κ3) is 3.52. The number of hydrogen-bond donors (Lipinski definition) is 2. The number of halogens is 2. The van der Waals surface area contributed by atoms with Crippen molar-refractivity contribution >= 4 is 49.2 Å². The van der Waals surface area contributed by atoms with E-state index in [1.807, 2.05) is 0 Å². The normalized spacial score (nSPS) is 11.1. The molecule has 0 unspecified atom stereocenters. The van der Waals surface area contributed by atoms with Gasteiger partial charge in [-0.1, -0.05) is 11.6 Å². The third-order valence-corrected chi connectivity index (χ3v) is 4.98. The number of anilines is 1. The van der Waals surface area contributed by atoms with Crippen LogP contribution >= 0.6 is 27.5 Å². The number of carboxylic acid groups (broad SMARTS) is 1. The zero-order valence-electron chi connectivity index (χ0n) is 10.2. The van der Waals surface area contributed by atoms with Crippen molar-refractivity contribution in [3.63, 3.8) is 0 Å². The maximum atomic E-state index is 12.2. The summed E-state index contributed by atoms with van der Waals surface area (Å²) in [5, 5.41) is 8.85. The molecule has 0 fully saturated rings. The minimum atomic E-state index is -3.95. The van der Waals surface area contributed by atoms with Crippen LogP contribution in [0.25, 0.3) is 0 Å². The number of sulfonamides is 1. The van der Waals surface area contributed by atoms with Gasteiger partial charge in [0.25, 0.3) is 10.0 Å². The zero-order valence-corrected chi connectivity index (χ0v) is 13.4. The van der Waals surface area contributed by atoms with Crippen molar-refractivity contribution in [2.24, 2.45) is 0 Å². The van der Waals surface area contributed by atoms with Crippen LogP contribution in [0.4, 0.5) is 5.69 Å². The summed E-state index contributed by atoms with van der Waals surface area (Å²) in [5.41, 5.74) is 0.0444. The second-order valence-corrected chi connectivity index (χ2v) is 6.76. The molecule has 0 radical (unpaired) electrons. The number of carboxylic acids is 1. The number of carbonyl (C=O) groups is 1. The molecule has 0 spiro atoms. The Morgan fingerprint density at radius 1 is 1.33 bits per heavy atom. The summed E-state index contributed by atoms with van der Waals surface area (Å²) < 4.78 is 27.0. The number of rotatable bonds is 4. The average molecular weight is 392 g/mol. The molecule has 0 saturated carbocycles. The Balaban J connectivity index is 2.40. The van der Waals surface area contributed by atoms with E-state index in [0.29, 0.717) is 4.47 Å². The molecule has 2 N–H and O–H groups in total. The molecule has 1 heterocycles. The lowest BCUT2D eigenvalue weighted by Crippen LogP contribution is -2.14. The van der Waals surface area contributed by atoms with Crippen molar-refractivity contribution in [2.45, 2.75) is 4.90 Å². The molecular weight excluding hydrogens is 384 g/mol. The first kappa shape index (κ1) is 15.7. The SMILES string of the molecule is O=C(O)c1cc(NS(=O)(=O)c2cccnc2Cl)ccc1Br. The Hall–Kier alpha value is -1.64. The molecule has 1 aromatic heterocycles. The summed E-state index contributed by atoms with van der Waals surface area (Å²) in [7, 11) is -3.95. The summed E-state index contributed by atoms with van der Waals surface area (Å²) in [5.74, 6) is -1.18. The molecule has 0 saturated heterocycles. The van der Waals surface area contributed by atoms with Crippen molar-refractivity contribution < 1.29 is 18.3 Å². The highest BCUT2D eigenvalue weighted by Crippen LogP contribution is 2.25. The summed E-state index contributed by atoms with van der Waals surface area (Å²) in [6, 6.07) is 6.80. The first-order chi connectivity index (χ1) is 9.81. The van der Waals surface area contributed by atoms with Gasteiger partial charge in [-0.2, -0.15) is 0 Å². The van der Waals surface area contributed by atoms with Crippen molar-refractivity contribution in [3.05, 3.63) is 51.7 Å². The molecule has 9 heteroatoms. The van der Waals surface area contributed by atoms with Crippen molar-refractivity contribution in [2.75, 3.05) is 4.72 Å². The van der Waals surface area contributed by atoms with Crippen LogP contribution in [0.2, 0.25) is 5.15 Å². The Kier molecular flexibility index (Phi) is 4.50. The van der Waals surface area contributed by atoms with Crippen molar-refractivity contribution in [3.8, 4) is 0 Å². The van der Waals surface area contributed by atoms with Gasteiger partial charge in [0.2, 0.25) is 0 Å². The lowest BCUT2D eigenvalue weighted by molar-refractivity contribution is 0.0696. The molecule has 0 bridgehead atoms. The third-order valence-electron chi connectivity index (χ3n) is 2.46. The van der Waals surface area contributed by atoms with E-state index < -0.39 is 16.0 Å². The predicted molar refractivity (Wildman–Crippen MR) is 81.2 cm³/mol. The quantitative estimate of drug-likeness (QED) is 0.781. The standard InChI is InChI=1S/C12H8BrClN2O4S/c13-9-4-3-7(6-8(9)12(17)18)16-21(19,20)10-2-1-5-15-11(10)14/h1-6,16H,(H,17,18). The van der Waals surface area contributed by atoms with Gasteiger partial charge in [0.15, 0.2) is 0 Å². The first-order valence-electron chi connectivity index (χ1n) is 5.47. The number of hydrogen-bond acceptors (Lipinski definition) is 4. The topological polar surface area (TPSA) is 96.4 Å². The number of pyridine rings is 1. The Labute approximate surface area is 134 Å². The maximum absolute atomic E-state index is 12.2. The van der Waals surface area contributed by atoms with Gasteiger partial charge in [0.1, 0.15) is 10.0 Å². The fourth-order valence-corrected chi connectivity index (χ4v) is 3.45. The van der Waals surface area contributed by atoms with E-state index in [2.05, 4.69) is 25.6 Å². The van der Waals surface area contributed by atoms with Crippen LogP contribution in [0.3, 0.4) is 0 Å². The predicted octanol–water partition coefficient (Wildman–Crippen LogP) is 3.00. The smallest absolute Gasteiger partial charge is 0.336 e. The molecule has 110 valence electrons. The number of aromatic carboxylic acids is 1. The van der Waals surface area contributed by atoms with Crippen LogP contribution < -0.4 is 4.72 Å². The van der Waals surface area contributed by atoms with E-state index in [9.17, 15) is 13.2 Å². The van der Waals surface area contributed by atoms with Crippen LogP contribution in [0.1, 0.15) is 10.4 Å². The second kappa shape index (κ2) is 6.00. The summed E-state index contributed by atoms with van der Waals surface area (Å²) in [6.45, 7) is 0. The summed E-state index contributed by atoms with van der Waals surface area (Å²) in [6.07, 6.45) is 1.36. The fourth-order valence-electron chi connectivity index (χ4n) is 1.53. The molecule has 21 heavy (non-hydrogen) atoms. The van der Waals surface area contributed by atoms with Crippen LogP contribution in [0.5, 0.6) is 0 Å². The van der Waals surface area contributed by atoms with Gasteiger partial charge in [-0.05, 0) is 46.3 Å². The van der Waals surface area contributed by atoms with Gasteiger partial charge in [0, 0.05) is 16.4 Å². The number of benzene rings is 1. The largest absolute Gasteiger partial charge is 0.478 e. The average Bonchev–Trinajstić information content (AvgIpc) is 2.40. The van der Waals surface area contributed by atoms with E-state index in [1.54, 1.807) is 0 Å². The number of aromatic nitrogens is 1. The number of nitrogens with one attached hydrogen (secondary N) is 1. The van der Waals surface area contributed by atoms with Crippen LogP contribution in [0.15, 0.2) is 45.9 Å². The van der Waals surface area contributed by atoms with Gasteiger partial charge in [-0.15, -0.1) is 0 Å². The summed E-state index contributed by atoms with van der Waals surface area (Å²) >= 11 is 8.83. The molecule has 2 aromatic rings. The molecule has 6 nitrogen and oxygen atoms in total. The maximum Gasteiger partial charge on any atom is 0.336 e. The van der Waals surface area contributed by atoms with E-state index in [-0.39, 0.29) is 21.3 Å². The van der Waals surface area contributed by atoms with E-state index in [1.165, 1.54) is 36.5 Å². The molecular formula is C12H8BrClN2O4S. The molecule has 0 atom stereocenters. The fraction of sp³-hybridized carbons (Fsp3) is 0. The lowest BCUT2D eigenvalue weighted by atomic mass is 10.2. The van der Waals surface area contributed by atoms with E-state index >= 15 is 0 Å². The molecule has 0 aliphatic rings.